The molecule has 0 aromatic carbocycles. The molecular weight excluding hydrogens is 124 g/mol. The van der Waals surface area contributed by atoms with Gasteiger partial charge in [0.2, 0.25) is 0 Å². The van der Waals surface area contributed by atoms with Crippen molar-refractivity contribution in [1.29, 1.82) is 0 Å². The van der Waals surface area contributed by atoms with Crippen LogP contribution in [0.15, 0.2) is 12.7 Å². The van der Waals surface area contributed by atoms with Gasteiger partial charge in [0.25, 0.3) is 0 Å². The Morgan fingerprint density at radius 2 is 2.30 bits per heavy atom. The summed E-state index contributed by atoms with van der Waals surface area (Å²) in [7, 11) is 0. The van der Waals surface area contributed by atoms with Crippen LogP contribution >= 0.6 is 0 Å². The standard InChI is InChI=1S/C9H14O/c1-4-6-8(3)7-9(10)5-2/h5,8-10H,2,7H2,1,3H3/t8-,9+/m0/s1. The first-order valence-electron chi connectivity index (χ1n) is 3.43. The van der Waals surface area contributed by atoms with Crippen molar-refractivity contribution in [2.75, 3.05) is 0 Å². The smallest absolute Gasteiger partial charge is 0.0730 e. The van der Waals surface area contributed by atoms with Crippen LogP contribution in [0.25, 0.3) is 0 Å². The molecule has 0 amide bonds. The first kappa shape index (κ1) is 9.26. The molecule has 56 valence electrons. The van der Waals surface area contributed by atoms with E-state index in [9.17, 15) is 0 Å². The normalized spacial score (nSPS) is 14.7. The molecule has 0 bridgehead atoms. The molecule has 1 N–H and O–H groups in total. The molecule has 0 fully saturated rings. The number of hydrogen-bond acceptors (Lipinski definition) is 1. The van der Waals surface area contributed by atoms with Crippen molar-refractivity contribution in [2.45, 2.75) is 26.4 Å². The first-order valence-corrected chi connectivity index (χ1v) is 3.43. The number of aliphatic hydroxyl groups is 1. The number of rotatable bonds is 3. The second-order valence-electron chi connectivity index (χ2n) is 2.33. The van der Waals surface area contributed by atoms with Gasteiger partial charge in [0, 0.05) is 5.92 Å². The third kappa shape index (κ3) is 4.17. The average molecular weight is 138 g/mol. The predicted molar refractivity (Wildman–Crippen MR) is 43.4 cm³/mol. The highest BCUT2D eigenvalue weighted by Gasteiger charge is 2.02. The Labute approximate surface area is 62.8 Å². The van der Waals surface area contributed by atoms with E-state index in [1.165, 1.54) is 6.08 Å². The fourth-order valence-electron chi connectivity index (χ4n) is 0.764. The summed E-state index contributed by atoms with van der Waals surface area (Å²) in [5.41, 5.74) is 0. The van der Waals surface area contributed by atoms with Crippen LogP contribution in [0.1, 0.15) is 20.3 Å². The number of hydrogen-bond donors (Lipinski definition) is 1. The minimum absolute atomic E-state index is 0.262. The Kier molecular flexibility index (Phi) is 4.70. The van der Waals surface area contributed by atoms with Gasteiger partial charge in [-0.2, -0.15) is 0 Å². The molecular formula is C9H14O. The first-order chi connectivity index (χ1) is 4.70. The van der Waals surface area contributed by atoms with Crippen LogP contribution < -0.4 is 0 Å². The molecule has 1 heteroatoms. The summed E-state index contributed by atoms with van der Waals surface area (Å²) in [6.45, 7) is 7.27. The topological polar surface area (TPSA) is 20.2 Å². The van der Waals surface area contributed by atoms with E-state index in [2.05, 4.69) is 18.4 Å². The molecule has 0 saturated carbocycles. The predicted octanol–water partition coefficient (Wildman–Crippen LogP) is 1.58. The van der Waals surface area contributed by atoms with Crippen molar-refractivity contribution in [3.63, 3.8) is 0 Å². The third-order valence-corrected chi connectivity index (χ3v) is 1.26. The zero-order valence-corrected chi connectivity index (χ0v) is 6.59. The lowest BCUT2D eigenvalue weighted by Gasteiger charge is -2.06. The summed E-state index contributed by atoms with van der Waals surface area (Å²) in [5.74, 6) is 6.02. The van der Waals surface area contributed by atoms with E-state index in [-0.39, 0.29) is 5.92 Å². The zero-order valence-electron chi connectivity index (χ0n) is 6.59. The number of aliphatic hydroxyl groups excluding tert-OH is 1. The second-order valence-corrected chi connectivity index (χ2v) is 2.33. The van der Waals surface area contributed by atoms with Gasteiger partial charge in [0.05, 0.1) is 6.10 Å². The van der Waals surface area contributed by atoms with Gasteiger partial charge >= 0.3 is 0 Å². The average Bonchev–Trinajstić information content (AvgIpc) is 1.88. The van der Waals surface area contributed by atoms with Crippen molar-refractivity contribution in [3.05, 3.63) is 12.7 Å². The molecule has 0 rings (SSSR count). The van der Waals surface area contributed by atoms with Gasteiger partial charge in [0.1, 0.15) is 0 Å². The molecule has 0 radical (unpaired) electrons. The molecule has 0 unspecified atom stereocenters. The maximum Gasteiger partial charge on any atom is 0.0730 e. The highest BCUT2D eigenvalue weighted by molar-refractivity contribution is 5.00. The van der Waals surface area contributed by atoms with Gasteiger partial charge in [-0.1, -0.05) is 13.0 Å². The molecule has 0 spiro atoms. The Balaban J connectivity index is 3.63. The van der Waals surface area contributed by atoms with E-state index in [0.717, 1.165) is 0 Å². The fraction of sp³-hybridized carbons (Fsp3) is 0.556. The molecule has 0 aromatic rings. The van der Waals surface area contributed by atoms with Crippen LogP contribution in [0.5, 0.6) is 0 Å². The van der Waals surface area contributed by atoms with Crippen molar-refractivity contribution in [3.8, 4) is 11.8 Å². The largest absolute Gasteiger partial charge is 0.389 e. The van der Waals surface area contributed by atoms with Crippen LogP contribution in [0, 0.1) is 17.8 Å². The lowest BCUT2D eigenvalue weighted by atomic mass is 10.0. The van der Waals surface area contributed by atoms with Gasteiger partial charge in [-0.3, -0.25) is 0 Å². The molecule has 10 heavy (non-hydrogen) atoms. The van der Waals surface area contributed by atoms with Crippen molar-refractivity contribution in [2.24, 2.45) is 5.92 Å². The Hall–Kier alpha value is -0.740. The van der Waals surface area contributed by atoms with Crippen LogP contribution in [0.2, 0.25) is 0 Å². The van der Waals surface area contributed by atoms with E-state index < -0.39 is 6.10 Å². The maximum absolute atomic E-state index is 9.07. The molecule has 0 aliphatic rings. The van der Waals surface area contributed by atoms with Crippen LogP contribution in [0.3, 0.4) is 0 Å². The zero-order chi connectivity index (χ0) is 7.98. The summed E-state index contributed by atoms with van der Waals surface area (Å²) >= 11 is 0. The molecule has 0 aliphatic carbocycles. The van der Waals surface area contributed by atoms with E-state index in [4.69, 9.17) is 5.11 Å². The van der Waals surface area contributed by atoms with E-state index in [0.29, 0.717) is 6.42 Å². The lowest BCUT2D eigenvalue weighted by molar-refractivity contribution is 0.202. The minimum Gasteiger partial charge on any atom is -0.389 e. The Morgan fingerprint density at radius 3 is 2.70 bits per heavy atom. The Morgan fingerprint density at radius 1 is 1.70 bits per heavy atom. The molecule has 2 atom stereocenters. The Bertz CT molecular complexity index is 150. The second kappa shape index (κ2) is 5.08. The lowest BCUT2D eigenvalue weighted by Crippen LogP contribution is -2.06. The highest BCUT2D eigenvalue weighted by Crippen LogP contribution is 2.04. The summed E-state index contributed by atoms with van der Waals surface area (Å²) in [6, 6.07) is 0. The highest BCUT2D eigenvalue weighted by atomic mass is 16.3. The van der Waals surface area contributed by atoms with Crippen molar-refractivity contribution >= 4 is 0 Å². The summed E-state index contributed by atoms with van der Waals surface area (Å²) in [5, 5.41) is 9.07. The molecule has 1 nitrogen and oxygen atoms in total. The van der Waals surface area contributed by atoms with Crippen LogP contribution in [-0.2, 0) is 0 Å². The quantitative estimate of drug-likeness (QED) is 0.463. The van der Waals surface area contributed by atoms with E-state index >= 15 is 0 Å². The van der Waals surface area contributed by atoms with E-state index in [1.54, 1.807) is 6.92 Å². The van der Waals surface area contributed by atoms with Crippen LogP contribution in [-0.4, -0.2) is 11.2 Å². The van der Waals surface area contributed by atoms with Gasteiger partial charge in [0.15, 0.2) is 0 Å². The van der Waals surface area contributed by atoms with Crippen LogP contribution in [0.4, 0.5) is 0 Å². The van der Waals surface area contributed by atoms with Crippen molar-refractivity contribution < 1.29 is 5.11 Å². The summed E-state index contributed by atoms with van der Waals surface area (Å²) < 4.78 is 0. The maximum atomic E-state index is 9.07. The van der Waals surface area contributed by atoms with Gasteiger partial charge < -0.3 is 5.11 Å². The molecule has 0 heterocycles. The van der Waals surface area contributed by atoms with Crippen molar-refractivity contribution in [1.82, 2.24) is 0 Å². The SMILES string of the molecule is C=C[C@@H](O)C[C@@H](C)C#CC. The van der Waals surface area contributed by atoms with Gasteiger partial charge in [-0.25, -0.2) is 0 Å². The fourth-order valence-corrected chi connectivity index (χ4v) is 0.764. The molecule has 0 saturated heterocycles. The summed E-state index contributed by atoms with van der Waals surface area (Å²) in [4.78, 5) is 0. The monoisotopic (exact) mass is 138 g/mol. The van der Waals surface area contributed by atoms with Gasteiger partial charge in [-0.15, -0.1) is 18.4 Å². The molecule has 0 aromatic heterocycles. The third-order valence-electron chi connectivity index (χ3n) is 1.26. The summed E-state index contributed by atoms with van der Waals surface area (Å²) in [6.07, 6.45) is 1.81. The molecule has 0 aliphatic heterocycles. The minimum atomic E-state index is -0.407. The van der Waals surface area contributed by atoms with Gasteiger partial charge in [-0.05, 0) is 13.3 Å². The van der Waals surface area contributed by atoms with E-state index in [1.807, 2.05) is 6.92 Å².